The summed E-state index contributed by atoms with van der Waals surface area (Å²) in [5, 5.41) is 2.11. The molecule has 0 aliphatic rings. The van der Waals surface area contributed by atoms with Gasteiger partial charge in [0.1, 0.15) is 23.5 Å². The lowest BCUT2D eigenvalue weighted by molar-refractivity contribution is 0.0601. The minimum Gasteiger partial charge on any atom is -0.465 e. The Morgan fingerprint density at radius 3 is 2.29 bits per heavy atom. The van der Waals surface area contributed by atoms with E-state index in [9.17, 15) is 4.79 Å². The molecule has 3 aromatic carbocycles. The molecule has 0 aliphatic carbocycles. The Hall–Kier alpha value is -1.94. The van der Waals surface area contributed by atoms with Gasteiger partial charge in [0.25, 0.3) is 0 Å². The fourth-order valence-electron chi connectivity index (χ4n) is 2.72. The minimum absolute atomic E-state index is 0.220. The molecule has 0 N–H and O–H groups in total. The molecule has 24 heavy (non-hydrogen) atoms. The van der Waals surface area contributed by atoms with E-state index in [4.69, 9.17) is 28.3 Å². The standard InChI is InChI=1S/C18H10B3BrO2/c1-24-18(23)13-12(14(19)15(20)16(21)17(13)22)11-7-6-9-4-2-3-5-10(9)8-11/h2-8H,1H3. The van der Waals surface area contributed by atoms with Crippen LogP contribution in [0.15, 0.2) is 46.9 Å². The molecule has 6 radical (unpaired) electrons. The molecule has 2 nitrogen and oxygen atoms in total. The molecule has 110 valence electrons. The number of ether oxygens (including phenoxy) is 1. The number of hydrogen-bond donors (Lipinski definition) is 0. The smallest absolute Gasteiger partial charge is 0.339 e. The molecule has 0 aliphatic heterocycles. The predicted molar refractivity (Wildman–Crippen MR) is 105 cm³/mol. The summed E-state index contributed by atoms with van der Waals surface area (Å²) >= 11 is 3.34. The van der Waals surface area contributed by atoms with Crippen molar-refractivity contribution in [2.75, 3.05) is 7.11 Å². The number of carbonyl (C=O) groups excluding carboxylic acids is 1. The largest absolute Gasteiger partial charge is 0.465 e. The Morgan fingerprint density at radius 2 is 1.62 bits per heavy atom. The molecule has 0 amide bonds. The lowest BCUT2D eigenvalue weighted by Crippen LogP contribution is -2.42. The monoisotopic (exact) mass is 370 g/mol. The van der Waals surface area contributed by atoms with Gasteiger partial charge in [-0.15, -0.1) is 5.46 Å². The first-order chi connectivity index (χ1) is 11.5. The van der Waals surface area contributed by atoms with E-state index < -0.39 is 5.97 Å². The highest BCUT2D eigenvalue weighted by Gasteiger charge is 2.22. The molecule has 0 bridgehead atoms. The highest BCUT2D eigenvalue weighted by atomic mass is 79.9. The maximum atomic E-state index is 12.3. The molecule has 0 heterocycles. The van der Waals surface area contributed by atoms with Crippen molar-refractivity contribution in [2.24, 2.45) is 0 Å². The average Bonchev–Trinajstić information content (AvgIpc) is 2.61. The third-order valence-corrected chi connectivity index (χ3v) is 4.81. The Balaban J connectivity index is 2.38. The van der Waals surface area contributed by atoms with Crippen molar-refractivity contribution in [1.29, 1.82) is 0 Å². The van der Waals surface area contributed by atoms with E-state index in [2.05, 4.69) is 15.9 Å². The Morgan fingerprint density at radius 1 is 0.958 bits per heavy atom. The quantitative estimate of drug-likeness (QED) is 0.504. The van der Waals surface area contributed by atoms with Crippen LogP contribution < -0.4 is 16.4 Å². The molecular formula is C18H10B3BrO2. The second-order valence-electron chi connectivity index (χ2n) is 5.36. The first kappa shape index (κ1) is 16.9. The molecule has 0 spiro atoms. The van der Waals surface area contributed by atoms with Crippen LogP contribution >= 0.6 is 15.9 Å². The van der Waals surface area contributed by atoms with Crippen LogP contribution in [0, 0.1) is 0 Å². The van der Waals surface area contributed by atoms with Crippen molar-refractivity contribution in [3.05, 3.63) is 52.5 Å². The van der Waals surface area contributed by atoms with Crippen LogP contribution in [0.3, 0.4) is 0 Å². The number of fused-ring (bicyclic) bond motifs is 1. The van der Waals surface area contributed by atoms with Gasteiger partial charge in [-0.05, 0) is 28.0 Å². The van der Waals surface area contributed by atoms with Gasteiger partial charge in [-0.3, -0.25) is 0 Å². The first-order valence-electron chi connectivity index (χ1n) is 7.19. The van der Waals surface area contributed by atoms with Crippen LogP contribution in [-0.2, 0) is 4.74 Å². The molecule has 0 atom stereocenters. The zero-order chi connectivity index (χ0) is 17.4. The predicted octanol–water partition coefficient (Wildman–Crippen LogP) is 1.44. The summed E-state index contributed by atoms with van der Waals surface area (Å²) in [6.45, 7) is 0. The molecule has 3 rings (SSSR count). The van der Waals surface area contributed by atoms with Gasteiger partial charge in [0.15, 0.2) is 0 Å². The van der Waals surface area contributed by atoms with Crippen LogP contribution in [0.2, 0.25) is 0 Å². The number of halogens is 1. The van der Waals surface area contributed by atoms with Crippen LogP contribution in [0.5, 0.6) is 0 Å². The van der Waals surface area contributed by atoms with Crippen molar-refractivity contribution in [2.45, 2.75) is 0 Å². The molecule has 6 heteroatoms. The van der Waals surface area contributed by atoms with Gasteiger partial charge in [-0.1, -0.05) is 63.3 Å². The van der Waals surface area contributed by atoms with Crippen molar-refractivity contribution >= 4 is 72.6 Å². The fraction of sp³-hybridized carbons (Fsp3) is 0.0556. The van der Waals surface area contributed by atoms with Gasteiger partial charge in [-0.2, -0.15) is 0 Å². The summed E-state index contributed by atoms with van der Waals surface area (Å²) in [6, 6.07) is 13.7. The highest BCUT2D eigenvalue weighted by Crippen LogP contribution is 2.29. The zero-order valence-corrected chi connectivity index (χ0v) is 14.6. The van der Waals surface area contributed by atoms with Gasteiger partial charge in [0.2, 0.25) is 0 Å². The van der Waals surface area contributed by atoms with E-state index in [1.807, 2.05) is 42.5 Å². The highest BCUT2D eigenvalue weighted by molar-refractivity contribution is 9.10. The van der Waals surface area contributed by atoms with Gasteiger partial charge in [0, 0.05) is 4.47 Å². The topological polar surface area (TPSA) is 26.3 Å². The van der Waals surface area contributed by atoms with Crippen molar-refractivity contribution in [3.8, 4) is 11.1 Å². The van der Waals surface area contributed by atoms with E-state index >= 15 is 0 Å². The molecule has 0 aromatic heterocycles. The SMILES string of the molecule is [B]c1c([B])c(Br)c(C(=O)OC)c(-c2ccc3ccccc3c2)c1[B]. The Kier molecular flexibility index (Phi) is 4.59. The zero-order valence-electron chi connectivity index (χ0n) is 13.0. The number of rotatable bonds is 2. The summed E-state index contributed by atoms with van der Waals surface area (Å²) in [7, 11) is 19.5. The number of methoxy groups -OCH3 is 1. The van der Waals surface area contributed by atoms with Crippen molar-refractivity contribution in [3.63, 3.8) is 0 Å². The van der Waals surface area contributed by atoms with Crippen molar-refractivity contribution < 1.29 is 9.53 Å². The van der Waals surface area contributed by atoms with Gasteiger partial charge < -0.3 is 4.74 Å². The van der Waals surface area contributed by atoms with Crippen LogP contribution in [0.4, 0.5) is 0 Å². The summed E-state index contributed by atoms with van der Waals surface area (Å²) < 4.78 is 5.27. The number of benzene rings is 3. The van der Waals surface area contributed by atoms with Gasteiger partial charge >= 0.3 is 5.97 Å². The number of carbonyl (C=O) groups is 1. The second-order valence-corrected chi connectivity index (χ2v) is 6.15. The van der Waals surface area contributed by atoms with E-state index in [-0.39, 0.29) is 22.0 Å². The molecule has 0 fully saturated rings. The molecule has 0 saturated heterocycles. The van der Waals surface area contributed by atoms with Crippen LogP contribution in [0.1, 0.15) is 10.4 Å². The van der Waals surface area contributed by atoms with Crippen LogP contribution in [-0.4, -0.2) is 36.6 Å². The van der Waals surface area contributed by atoms with E-state index in [0.717, 1.165) is 16.3 Å². The average molecular weight is 371 g/mol. The maximum Gasteiger partial charge on any atom is 0.339 e. The summed E-state index contributed by atoms with van der Waals surface area (Å²) in [5.74, 6) is -0.538. The summed E-state index contributed by atoms with van der Waals surface area (Å²) in [6.07, 6.45) is 0. The second kappa shape index (κ2) is 6.52. The van der Waals surface area contributed by atoms with Gasteiger partial charge in [0.05, 0.1) is 12.7 Å². The third-order valence-electron chi connectivity index (χ3n) is 3.98. The lowest BCUT2D eigenvalue weighted by atomic mass is 9.68. The fourth-order valence-corrected chi connectivity index (χ4v) is 3.29. The Bertz CT molecular complexity index is 970. The lowest BCUT2D eigenvalue weighted by Gasteiger charge is -2.20. The molecule has 3 aromatic rings. The van der Waals surface area contributed by atoms with Gasteiger partial charge in [-0.25, -0.2) is 4.79 Å². The third kappa shape index (κ3) is 2.69. The van der Waals surface area contributed by atoms with Crippen molar-refractivity contribution in [1.82, 2.24) is 0 Å². The summed E-state index contributed by atoms with van der Waals surface area (Å²) in [5.41, 5.74) is 2.24. The first-order valence-corrected chi connectivity index (χ1v) is 7.98. The molecular weight excluding hydrogens is 361 g/mol. The van der Waals surface area contributed by atoms with E-state index in [0.29, 0.717) is 10.0 Å². The summed E-state index contributed by atoms with van der Waals surface area (Å²) in [4.78, 5) is 12.3. The van der Waals surface area contributed by atoms with E-state index in [1.165, 1.54) is 7.11 Å². The maximum absolute atomic E-state index is 12.3. The molecule has 0 saturated carbocycles. The number of hydrogen-bond acceptors (Lipinski definition) is 2. The minimum atomic E-state index is -0.538. The normalized spacial score (nSPS) is 10.8. The van der Waals surface area contributed by atoms with Crippen LogP contribution in [0.25, 0.3) is 21.9 Å². The molecule has 0 unspecified atom stereocenters. The van der Waals surface area contributed by atoms with E-state index in [1.54, 1.807) is 0 Å². The number of esters is 1. The Labute approximate surface area is 152 Å².